The van der Waals surface area contributed by atoms with Gasteiger partial charge in [0.25, 0.3) is 0 Å². The number of morpholine rings is 1. The molecule has 1 N–H and O–H groups in total. The summed E-state index contributed by atoms with van der Waals surface area (Å²) in [6, 6.07) is 4.03. The summed E-state index contributed by atoms with van der Waals surface area (Å²) >= 11 is 2.29. The Kier molecular flexibility index (Phi) is 4.56. The second-order valence-corrected chi connectivity index (χ2v) is 7.31. The van der Waals surface area contributed by atoms with E-state index in [2.05, 4.69) is 38.5 Å². The number of rotatable bonds is 3. The molecule has 1 aromatic heterocycles. The fourth-order valence-corrected chi connectivity index (χ4v) is 3.46. The summed E-state index contributed by atoms with van der Waals surface area (Å²) in [4.78, 5) is 6.86. The van der Waals surface area contributed by atoms with Crippen LogP contribution in [0.2, 0.25) is 0 Å². The predicted octanol–water partition coefficient (Wildman–Crippen LogP) is 2.21. The van der Waals surface area contributed by atoms with E-state index in [9.17, 15) is 5.11 Å². The molecule has 0 bridgehead atoms. The lowest BCUT2D eigenvalue weighted by atomic mass is 10.1. The van der Waals surface area contributed by atoms with Crippen molar-refractivity contribution in [2.24, 2.45) is 0 Å². The Morgan fingerprint density at radius 2 is 2.19 bits per heavy atom. The quantitative estimate of drug-likeness (QED) is 0.784. The highest BCUT2D eigenvalue weighted by Crippen LogP contribution is 2.32. The van der Waals surface area contributed by atoms with Gasteiger partial charge in [-0.2, -0.15) is 4.98 Å². The smallest absolute Gasteiger partial charge is 0.216 e. The van der Waals surface area contributed by atoms with E-state index in [-0.39, 0.29) is 6.10 Å². The molecule has 2 atom stereocenters. The fraction of sp³-hybridized carbons (Fsp3) is 0.667. The molecule has 3 rings (SSSR count). The molecule has 0 amide bonds. The van der Waals surface area contributed by atoms with Crippen molar-refractivity contribution in [2.75, 3.05) is 31.2 Å². The number of anilines is 1. The molecule has 0 radical (unpaired) electrons. The first-order valence-corrected chi connectivity index (χ1v) is 8.49. The summed E-state index contributed by atoms with van der Waals surface area (Å²) in [5.41, 5.74) is -0.598. The number of ether oxygens (including phenoxy) is 2. The average molecular weight is 404 g/mol. The molecule has 5 nitrogen and oxygen atoms in total. The monoisotopic (exact) mass is 404 g/mol. The number of hydrogen-bond donors (Lipinski definition) is 1. The summed E-state index contributed by atoms with van der Waals surface area (Å²) in [5, 5.41) is 10.0. The minimum Gasteiger partial charge on any atom is -0.474 e. The van der Waals surface area contributed by atoms with E-state index in [0.717, 1.165) is 48.5 Å². The van der Waals surface area contributed by atoms with Crippen molar-refractivity contribution < 1.29 is 14.6 Å². The molecule has 1 aromatic rings. The van der Waals surface area contributed by atoms with E-state index >= 15 is 0 Å². The third-order valence-corrected chi connectivity index (χ3v) is 4.67. The third-order valence-electron chi connectivity index (χ3n) is 4.05. The Labute approximate surface area is 138 Å². The number of nitrogens with zero attached hydrogens (tertiary/aromatic N) is 2. The van der Waals surface area contributed by atoms with Gasteiger partial charge in [-0.25, -0.2) is 0 Å². The van der Waals surface area contributed by atoms with Crippen molar-refractivity contribution in [3.05, 3.63) is 15.7 Å². The van der Waals surface area contributed by atoms with Crippen molar-refractivity contribution in [1.82, 2.24) is 4.98 Å². The maximum absolute atomic E-state index is 10.0. The predicted molar refractivity (Wildman–Crippen MR) is 88.9 cm³/mol. The zero-order valence-electron chi connectivity index (χ0n) is 12.2. The molecule has 2 unspecified atom stereocenters. The highest BCUT2D eigenvalue weighted by atomic mass is 127. The van der Waals surface area contributed by atoms with E-state index in [4.69, 9.17) is 9.47 Å². The van der Waals surface area contributed by atoms with Crippen LogP contribution in [-0.2, 0) is 4.74 Å². The van der Waals surface area contributed by atoms with E-state index < -0.39 is 5.60 Å². The molecule has 6 heteroatoms. The number of hydrogen-bond acceptors (Lipinski definition) is 5. The summed E-state index contributed by atoms with van der Waals surface area (Å²) in [6.07, 6.45) is 2.40. The van der Waals surface area contributed by atoms with Crippen LogP contribution in [0, 0.1) is 3.57 Å². The van der Waals surface area contributed by atoms with Crippen molar-refractivity contribution >= 4 is 28.4 Å². The highest BCUT2D eigenvalue weighted by Gasteiger charge is 2.34. The van der Waals surface area contributed by atoms with Crippen LogP contribution in [0.5, 0.6) is 5.88 Å². The highest BCUT2D eigenvalue weighted by molar-refractivity contribution is 14.1. The third kappa shape index (κ3) is 3.98. The van der Waals surface area contributed by atoms with E-state index in [0.29, 0.717) is 12.3 Å². The van der Waals surface area contributed by atoms with Gasteiger partial charge in [-0.15, -0.1) is 0 Å². The number of pyridine rings is 1. The number of aliphatic hydroxyl groups is 1. The van der Waals surface area contributed by atoms with Crippen LogP contribution in [0.3, 0.4) is 0 Å². The van der Waals surface area contributed by atoms with Gasteiger partial charge in [0.15, 0.2) is 0 Å². The molecule has 1 aliphatic carbocycles. The molecular weight excluding hydrogens is 383 g/mol. The maximum atomic E-state index is 10.0. The maximum Gasteiger partial charge on any atom is 0.216 e. The van der Waals surface area contributed by atoms with E-state index in [1.807, 2.05) is 13.0 Å². The molecule has 1 aliphatic heterocycles. The largest absolute Gasteiger partial charge is 0.474 e. The van der Waals surface area contributed by atoms with Crippen molar-refractivity contribution in [3.8, 4) is 5.88 Å². The zero-order chi connectivity index (χ0) is 14.9. The molecule has 116 valence electrons. The average Bonchev–Trinajstić information content (AvgIpc) is 2.78. The van der Waals surface area contributed by atoms with Gasteiger partial charge in [0, 0.05) is 29.1 Å². The Bertz CT molecular complexity index is 504. The van der Waals surface area contributed by atoms with Crippen LogP contribution in [0.1, 0.15) is 26.2 Å². The Balaban J connectivity index is 1.72. The van der Waals surface area contributed by atoms with Crippen LogP contribution in [0.15, 0.2) is 12.1 Å². The minimum atomic E-state index is -0.598. The van der Waals surface area contributed by atoms with Crippen LogP contribution in [0.4, 0.5) is 5.82 Å². The van der Waals surface area contributed by atoms with Crippen molar-refractivity contribution in [1.29, 1.82) is 0 Å². The standard InChI is InChI=1S/C15H21IN2O3/c1-15(19)3-2-12(10-15)21-14-9-11(16)8-13(17-14)18-4-6-20-7-5-18/h8-9,12,19H,2-7,10H2,1H3. The summed E-state index contributed by atoms with van der Waals surface area (Å²) in [6.45, 7) is 5.09. The molecule has 1 saturated carbocycles. The molecule has 2 aliphatic rings. The summed E-state index contributed by atoms with van der Waals surface area (Å²) in [7, 11) is 0. The Morgan fingerprint density at radius 1 is 1.43 bits per heavy atom. The lowest BCUT2D eigenvalue weighted by Gasteiger charge is -2.28. The van der Waals surface area contributed by atoms with Crippen molar-refractivity contribution in [3.63, 3.8) is 0 Å². The molecule has 21 heavy (non-hydrogen) atoms. The van der Waals surface area contributed by atoms with Gasteiger partial charge in [0.05, 0.1) is 18.8 Å². The van der Waals surface area contributed by atoms with Gasteiger partial charge in [0.2, 0.25) is 5.88 Å². The van der Waals surface area contributed by atoms with E-state index in [1.165, 1.54) is 0 Å². The topological polar surface area (TPSA) is 54.8 Å². The molecule has 2 heterocycles. The molecule has 0 spiro atoms. The van der Waals surface area contributed by atoms with Gasteiger partial charge in [0.1, 0.15) is 11.9 Å². The first-order valence-electron chi connectivity index (χ1n) is 7.41. The first-order chi connectivity index (χ1) is 10.0. The van der Waals surface area contributed by atoms with Gasteiger partial charge < -0.3 is 19.5 Å². The van der Waals surface area contributed by atoms with Gasteiger partial charge >= 0.3 is 0 Å². The van der Waals surface area contributed by atoms with Gasteiger partial charge in [-0.1, -0.05) is 0 Å². The van der Waals surface area contributed by atoms with Crippen LogP contribution in [0.25, 0.3) is 0 Å². The number of halogens is 1. The van der Waals surface area contributed by atoms with Crippen LogP contribution in [-0.4, -0.2) is 48.1 Å². The molecule has 2 fully saturated rings. The lowest BCUT2D eigenvalue weighted by Crippen LogP contribution is -2.36. The number of aromatic nitrogens is 1. The zero-order valence-corrected chi connectivity index (χ0v) is 14.4. The van der Waals surface area contributed by atoms with Gasteiger partial charge in [-0.3, -0.25) is 0 Å². The fourth-order valence-electron chi connectivity index (χ4n) is 2.91. The molecule has 0 aromatic carbocycles. The SMILES string of the molecule is CC1(O)CCC(Oc2cc(I)cc(N3CCOCC3)n2)C1. The lowest BCUT2D eigenvalue weighted by molar-refractivity contribution is 0.0537. The minimum absolute atomic E-state index is 0.0586. The van der Waals surface area contributed by atoms with Crippen LogP contribution < -0.4 is 9.64 Å². The van der Waals surface area contributed by atoms with Crippen molar-refractivity contribution in [2.45, 2.75) is 37.9 Å². The summed E-state index contributed by atoms with van der Waals surface area (Å²) in [5.74, 6) is 1.61. The molecule has 1 saturated heterocycles. The van der Waals surface area contributed by atoms with Gasteiger partial charge in [-0.05, 0) is 48.4 Å². The van der Waals surface area contributed by atoms with E-state index in [1.54, 1.807) is 0 Å². The Morgan fingerprint density at radius 3 is 2.86 bits per heavy atom. The van der Waals surface area contributed by atoms with Crippen LogP contribution >= 0.6 is 22.6 Å². The molecular formula is C15H21IN2O3. The second-order valence-electron chi connectivity index (χ2n) is 6.06. The summed E-state index contributed by atoms with van der Waals surface area (Å²) < 4.78 is 12.5. The normalized spacial score (nSPS) is 29.7. The second kappa shape index (κ2) is 6.26. The first kappa shape index (κ1) is 15.3. The Hall–Kier alpha value is -0.600.